The lowest BCUT2D eigenvalue weighted by molar-refractivity contribution is -0.199. The van der Waals surface area contributed by atoms with Gasteiger partial charge in [-0.15, -0.1) is 0 Å². The number of halogens is 4. The maximum absolute atomic E-state index is 13.5. The monoisotopic (exact) mass is 374 g/mol. The number of hydrogen-bond donors (Lipinski definition) is 0. The first-order valence-electron chi connectivity index (χ1n) is 7.64. The zero-order chi connectivity index (χ0) is 19.8. The van der Waals surface area contributed by atoms with Crippen LogP contribution in [0.5, 0.6) is 0 Å². The maximum atomic E-state index is 13.5. The van der Waals surface area contributed by atoms with Crippen molar-refractivity contribution in [1.29, 1.82) is 0 Å². The van der Waals surface area contributed by atoms with Crippen molar-refractivity contribution >= 4 is 17.9 Å². The highest BCUT2D eigenvalue weighted by Crippen LogP contribution is 2.32. The average molecular weight is 374 g/mol. The Hall–Kier alpha value is -1.87. The van der Waals surface area contributed by atoms with E-state index in [0.29, 0.717) is 6.42 Å². The number of alkyl halides is 4. The van der Waals surface area contributed by atoms with Crippen molar-refractivity contribution in [3.63, 3.8) is 0 Å². The van der Waals surface area contributed by atoms with Crippen LogP contribution in [0, 0.1) is 5.92 Å². The van der Waals surface area contributed by atoms with Crippen LogP contribution in [-0.4, -0.2) is 49.1 Å². The van der Waals surface area contributed by atoms with Crippen LogP contribution in [0.15, 0.2) is 0 Å². The smallest absolute Gasteiger partial charge is 0.377 e. The summed E-state index contributed by atoms with van der Waals surface area (Å²) in [4.78, 5) is 33.6. The number of ether oxygens (including phenoxy) is 3. The summed E-state index contributed by atoms with van der Waals surface area (Å²) in [5.74, 6) is -14.6. The van der Waals surface area contributed by atoms with E-state index in [1.807, 2.05) is 0 Å². The van der Waals surface area contributed by atoms with Gasteiger partial charge in [0.15, 0.2) is 0 Å². The van der Waals surface area contributed by atoms with Gasteiger partial charge >= 0.3 is 29.8 Å². The Bertz CT molecular complexity index is 479. The van der Waals surface area contributed by atoms with Crippen molar-refractivity contribution in [2.24, 2.45) is 5.92 Å². The molecule has 0 aromatic carbocycles. The molecule has 0 fully saturated rings. The molecule has 1 atom stereocenters. The number of rotatable bonds is 10. The summed E-state index contributed by atoms with van der Waals surface area (Å²) in [5.41, 5.74) is 0. The summed E-state index contributed by atoms with van der Waals surface area (Å²) in [5, 5.41) is 0. The molecule has 0 amide bonds. The number of carbonyl (C=O) groups is 3. The summed E-state index contributed by atoms with van der Waals surface area (Å²) in [6.07, 6.45) is -2.81. The molecule has 0 saturated heterocycles. The van der Waals surface area contributed by atoms with E-state index in [0.717, 1.165) is 0 Å². The van der Waals surface area contributed by atoms with Crippen molar-refractivity contribution in [3.8, 4) is 0 Å². The second kappa shape index (κ2) is 9.57. The fraction of sp³-hybridized carbons (Fsp3) is 0.800. The van der Waals surface area contributed by atoms with Gasteiger partial charge in [-0.3, -0.25) is 4.79 Å². The van der Waals surface area contributed by atoms with Gasteiger partial charge in [0.05, 0.1) is 18.4 Å². The standard InChI is InChI=1S/C15H22F4O6/c1-5-10(4)11(20)23-6-7-24-12(21)14(16,17)8-15(18,19)13(22)25-9(2)3/h9-10H,5-8H2,1-4H3. The van der Waals surface area contributed by atoms with E-state index in [1.165, 1.54) is 13.8 Å². The Morgan fingerprint density at radius 3 is 1.84 bits per heavy atom. The van der Waals surface area contributed by atoms with Gasteiger partial charge in [0.25, 0.3) is 0 Å². The Labute approximate surface area is 142 Å². The van der Waals surface area contributed by atoms with E-state index in [2.05, 4.69) is 14.2 Å². The van der Waals surface area contributed by atoms with E-state index in [4.69, 9.17) is 0 Å². The van der Waals surface area contributed by atoms with Crippen molar-refractivity contribution < 1.29 is 46.2 Å². The quantitative estimate of drug-likeness (QED) is 0.253. The first-order chi connectivity index (χ1) is 11.3. The van der Waals surface area contributed by atoms with Crippen LogP contribution in [0.25, 0.3) is 0 Å². The predicted octanol–water partition coefficient (Wildman–Crippen LogP) is 2.73. The van der Waals surface area contributed by atoms with Crippen LogP contribution >= 0.6 is 0 Å². The van der Waals surface area contributed by atoms with Gasteiger partial charge in [-0.05, 0) is 20.3 Å². The third kappa shape index (κ3) is 8.17. The van der Waals surface area contributed by atoms with Crippen LogP contribution < -0.4 is 0 Å². The first kappa shape index (κ1) is 23.1. The first-order valence-corrected chi connectivity index (χ1v) is 7.64. The fourth-order valence-electron chi connectivity index (χ4n) is 1.41. The predicted molar refractivity (Wildman–Crippen MR) is 77.1 cm³/mol. The summed E-state index contributed by atoms with van der Waals surface area (Å²) >= 11 is 0. The fourth-order valence-corrected chi connectivity index (χ4v) is 1.41. The van der Waals surface area contributed by atoms with E-state index in [-0.39, 0.29) is 0 Å². The molecule has 0 aromatic heterocycles. The lowest BCUT2D eigenvalue weighted by Gasteiger charge is -2.21. The zero-order valence-electron chi connectivity index (χ0n) is 14.4. The van der Waals surface area contributed by atoms with Crippen molar-refractivity contribution in [3.05, 3.63) is 0 Å². The third-order valence-corrected chi connectivity index (χ3v) is 2.96. The SMILES string of the molecule is CCC(C)C(=O)OCCOC(=O)C(F)(F)CC(F)(F)C(=O)OC(C)C. The van der Waals surface area contributed by atoms with E-state index >= 15 is 0 Å². The molecule has 10 heteroatoms. The van der Waals surface area contributed by atoms with Crippen LogP contribution in [0.2, 0.25) is 0 Å². The molecule has 0 radical (unpaired) electrons. The topological polar surface area (TPSA) is 78.9 Å². The summed E-state index contributed by atoms with van der Waals surface area (Å²) in [7, 11) is 0. The molecule has 0 spiro atoms. The second-order valence-corrected chi connectivity index (χ2v) is 5.65. The van der Waals surface area contributed by atoms with Crippen molar-refractivity contribution in [2.45, 2.75) is 58.5 Å². The van der Waals surface area contributed by atoms with Gasteiger partial charge in [0, 0.05) is 0 Å². The molecule has 146 valence electrons. The Morgan fingerprint density at radius 2 is 1.36 bits per heavy atom. The average Bonchev–Trinajstić information content (AvgIpc) is 2.48. The van der Waals surface area contributed by atoms with Crippen LogP contribution in [-0.2, 0) is 28.6 Å². The molecule has 0 aliphatic carbocycles. The number of esters is 3. The lowest BCUT2D eigenvalue weighted by Crippen LogP contribution is -2.43. The molecule has 0 aliphatic rings. The molecule has 0 heterocycles. The molecule has 0 N–H and O–H groups in total. The van der Waals surface area contributed by atoms with Gasteiger partial charge in [0.1, 0.15) is 13.2 Å². The minimum absolute atomic E-state index is 0.414. The molecule has 0 aliphatic heterocycles. The highest BCUT2D eigenvalue weighted by atomic mass is 19.3. The summed E-state index contributed by atoms with van der Waals surface area (Å²) in [6, 6.07) is 0. The Morgan fingerprint density at radius 1 is 0.880 bits per heavy atom. The van der Waals surface area contributed by atoms with E-state index in [9.17, 15) is 31.9 Å². The highest BCUT2D eigenvalue weighted by Gasteiger charge is 2.55. The normalized spacial score (nSPS) is 13.3. The van der Waals surface area contributed by atoms with Crippen LogP contribution in [0.1, 0.15) is 40.5 Å². The molecule has 25 heavy (non-hydrogen) atoms. The molecular weight excluding hydrogens is 352 g/mol. The summed E-state index contributed by atoms with van der Waals surface area (Å²) in [6.45, 7) is 4.63. The van der Waals surface area contributed by atoms with Crippen LogP contribution in [0.4, 0.5) is 17.6 Å². The lowest BCUT2D eigenvalue weighted by atomic mass is 10.1. The molecule has 1 unspecified atom stereocenters. The third-order valence-electron chi connectivity index (χ3n) is 2.96. The second-order valence-electron chi connectivity index (χ2n) is 5.65. The minimum atomic E-state index is -4.61. The zero-order valence-corrected chi connectivity index (χ0v) is 14.4. The Balaban J connectivity index is 4.49. The molecule has 0 saturated carbocycles. The van der Waals surface area contributed by atoms with Gasteiger partial charge in [-0.25, -0.2) is 9.59 Å². The molecule has 0 bridgehead atoms. The number of carbonyl (C=O) groups excluding carboxylic acids is 3. The van der Waals surface area contributed by atoms with E-state index < -0.39 is 61.4 Å². The largest absolute Gasteiger partial charge is 0.462 e. The molecule has 6 nitrogen and oxygen atoms in total. The molecule has 0 rings (SSSR count). The highest BCUT2D eigenvalue weighted by molar-refractivity contribution is 5.82. The van der Waals surface area contributed by atoms with Gasteiger partial charge < -0.3 is 14.2 Å². The van der Waals surface area contributed by atoms with Gasteiger partial charge in [-0.1, -0.05) is 13.8 Å². The number of hydrogen-bond acceptors (Lipinski definition) is 6. The summed E-state index contributed by atoms with van der Waals surface area (Å²) < 4.78 is 66.8. The van der Waals surface area contributed by atoms with E-state index in [1.54, 1.807) is 13.8 Å². The van der Waals surface area contributed by atoms with Gasteiger partial charge in [-0.2, -0.15) is 17.6 Å². The van der Waals surface area contributed by atoms with Crippen molar-refractivity contribution in [2.75, 3.05) is 13.2 Å². The van der Waals surface area contributed by atoms with Crippen molar-refractivity contribution in [1.82, 2.24) is 0 Å². The molecule has 0 aromatic rings. The molecular formula is C15H22F4O6. The minimum Gasteiger partial charge on any atom is -0.462 e. The Kier molecular flexibility index (Phi) is 8.86. The van der Waals surface area contributed by atoms with Gasteiger partial charge in [0.2, 0.25) is 0 Å². The maximum Gasteiger partial charge on any atom is 0.377 e. The van der Waals surface area contributed by atoms with Crippen LogP contribution in [0.3, 0.4) is 0 Å².